The first kappa shape index (κ1) is 10.5. The van der Waals surface area contributed by atoms with Crippen molar-refractivity contribution in [3.8, 4) is 0 Å². The predicted molar refractivity (Wildman–Crippen MR) is 65.4 cm³/mol. The molecule has 1 aromatic heterocycles. The van der Waals surface area contributed by atoms with Crippen molar-refractivity contribution in [1.82, 2.24) is 0 Å². The standard InChI is InChI=1S/C10H15IS/c1-2-3-4-10(11)7-9-5-6-12-8-9/h5-6,8,10H,2-4,7H2,1H3. The van der Waals surface area contributed by atoms with Gasteiger partial charge in [0.25, 0.3) is 0 Å². The second kappa shape index (κ2) is 5.97. The summed E-state index contributed by atoms with van der Waals surface area (Å²) in [5, 5.41) is 4.43. The molecule has 1 aromatic rings. The molecular formula is C10H15IS. The molecule has 0 N–H and O–H groups in total. The lowest BCUT2D eigenvalue weighted by Crippen LogP contribution is -2.00. The zero-order valence-electron chi connectivity index (χ0n) is 7.42. The maximum absolute atomic E-state index is 2.57. The third-order valence-electron chi connectivity index (χ3n) is 1.91. The van der Waals surface area contributed by atoms with E-state index in [4.69, 9.17) is 0 Å². The second-order valence-corrected chi connectivity index (χ2v) is 5.62. The monoisotopic (exact) mass is 294 g/mol. The van der Waals surface area contributed by atoms with Crippen LogP contribution in [0.15, 0.2) is 16.8 Å². The van der Waals surface area contributed by atoms with Gasteiger partial charge in [-0.2, -0.15) is 11.3 Å². The largest absolute Gasteiger partial charge is 0.152 e. The van der Waals surface area contributed by atoms with Gasteiger partial charge in [-0.15, -0.1) is 0 Å². The van der Waals surface area contributed by atoms with E-state index in [2.05, 4.69) is 46.3 Å². The van der Waals surface area contributed by atoms with Gasteiger partial charge in [-0.1, -0.05) is 42.4 Å². The summed E-state index contributed by atoms with van der Waals surface area (Å²) < 4.78 is 0.831. The average molecular weight is 294 g/mol. The molecule has 1 heterocycles. The average Bonchev–Trinajstić information content (AvgIpc) is 2.53. The molecular weight excluding hydrogens is 279 g/mol. The first-order valence-electron chi connectivity index (χ1n) is 4.48. The molecule has 0 saturated carbocycles. The van der Waals surface area contributed by atoms with Gasteiger partial charge in [0, 0.05) is 3.92 Å². The van der Waals surface area contributed by atoms with Crippen molar-refractivity contribution in [3.05, 3.63) is 22.4 Å². The Morgan fingerprint density at radius 2 is 2.42 bits per heavy atom. The molecule has 0 aliphatic rings. The van der Waals surface area contributed by atoms with Crippen LogP contribution < -0.4 is 0 Å². The summed E-state index contributed by atoms with van der Waals surface area (Å²) in [5.74, 6) is 0. The zero-order chi connectivity index (χ0) is 8.81. The number of rotatable bonds is 5. The van der Waals surface area contributed by atoms with Gasteiger partial charge in [0.15, 0.2) is 0 Å². The fourth-order valence-electron chi connectivity index (χ4n) is 1.19. The van der Waals surface area contributed by atoms with Gasteiger partial charge in [-0.25, -0.2) is 0 Å². The minimum Gasteiger partial charge on any atom is -0.152 e. The minimum absolute atomic E-state index is 0.831. The molecule has 0 nitrogen and oxygen atoms in total. The van der Waals surface area contributed by atoms with E-state index in [9.17, 15) is 0 Å². The number of hydrogen-bond acceptors (Lipinski definition) is 1. The van der Waals surface area contributed by atoms with Crippen LogP contribution in [0.25, 0.3) is 0 Å². The Labute approximate surface area is 92.5 Å². The molecule has 68 valence electrons. The molecule has 1 unspecified atom stereocenters. The molecule has 0 aliphatic heterocycles. The van der Waals surface area contributed by atoms with Crippen LogP contribution in [0.4, 0.5) is 0 Å². The van der Waals surface area contributed by atoms with Gasteiger partial charge in [0.05, 0.1) is 0 Å². The lowest BCUT2D eigenvalue weighted by molar-refractivity contribution is 0.696. The van der Waals surface area contributed by atoms with Crippen molar-refractivity contribution < 1.29 is 0 Å². The van der Waals surface area contributed by atoms with Crippen LogP contribution in [-0.2, 0) is 6.42 Å². The number of unbranched alkanes of at least 4 members (excludes halogenated alkanes) is 1. The Morgan fingerprint density at radius 1 is 1.58 bits per heavy atom. The first-order chi connectivity index (χ1) is 5.83. The highest BCUT2D eigenvalue weighted by atomic mass is 127. The van der Waals surface area contributed by atoms with E-state index in [1.165, 1.54) is 31.2 Å². The van der Waals surface area contributed by atoms with E-state index in [0.717, 1.165) is 3.92 Å². The van der Waals surface area contributed by atoms with Crippen LogP contribution in [0.3, 0.4) is 0 Å². The Morgan fingerprint density at radius 3 is 3.00 bits per heavy atom. The molecule has 0 aromatic carbocycles. The van der Waals surface area contributed by atoms with Crippen LogP contribution in [0.5, 0.6) is 0 Å². The summed E-state index contributed by atoms with van der Waals surface area (Å²) in [6.07, 6.45) is 5.32. The van der Waals surface area contributed by atoms with Gasteiger partial charge in [0.2, 0.25) is 0 Å². The maximum atomic E-state index is 2.57. The summed E-state index contributed by atoms with van der Waals surface area (Å²) in [7, 11) is 0. The minimum atomic E-state index is 0.831. The Bertz CT molecular complexity index is 194. The summed E-state index contributed by atoms with van der Waals surface area (Å²) in [4.78, 5) is 0. The SMILES string of the molecule is CCCCC(I)Cc1ccsc1. The van der Waals surface area contributed by atoms with Gasteiger partial charge in [-0.05, 0) is 35.2 Å². The van der Waals surface area contributed by atoms with Gasteiger partial charge < -0.3 is 0 Å². The van der Waals surface area contributed by atoms with E-state index in [0.29, 0.717) is 0 Å². The van der Waals surface area contributed by atoms with Gasteiger partial charge >= 0.3 is 0 Å². The number of halogens is 1. The highest BCUT2D eigenvalue weighted by molar-refractivity contribution is 14.1. The highest BCUT2D eigenvalue weighted by Crippen LogP contribution is 2.17. The summed E-state index contributed by atoms with van der Waals surface area (Å²) in [5.41, 5.74) is 1.51. The van der Waals surface area contributed by atoms with Crippen molar-refractivity contribution in [3.63, 3.8) is 0 Å². The molecule has 0 bridgehead atoms. The zero-order valence-corrected chi connectivity index (χ0v) is 10.4. The van der Waals surface area contributed by atoms with Crippen molar-refractivity contribution in [2.75, 3.05) is 0 Å². The maximum Gasteiger partial charge on any atom is 0.0150 e. The van der Waals surface area contributed by atoms with Gasteiger partial charge in [-0.3, -0.25) is 0 Å². The van der Waals surface area contributed by atoms with E-state index in [1.807, 2.05) is 0 Å². The molecule has 1 atom stereocenters. The van der Waals surface area contributed by atoms with E-state index >= 15 is 0 Å². The summed E-state index contributed by atoms with van der Waals surface area (Å²) in [6.45, 7) is 2.26. The molecule has 0 amide bonds. The first-order valence-corrected chi connectivity index (χ1v) is 6.67. The third-order valence-corrected chi connectivity index (χ3v) is 3.70. The van der Waals surface area contributed by atoms with Crippen LogP contribution in [-0.4, -0.2) is 3.92 Å². The highest BCUT2D eigenvalue weighted by Gasteiger charge is 2.04. The molecule has 0 radical (unpaired) electrons. The molecule has 0 aliphatic carbocycles. The topological polar surface area (TPSA) is 0 Å². The molecule has 0 fully saturated rings. The molecule has 0 saturated heterocycles. The quantitative estimate of drug-likeness (QED) is 0.561. The second-order valence-electron chi connectivity index (χ2n) is 3.08. The van der Waals surface area contributed by atoms with Crippen molar-refractivity contribution in [1.29, 1.82) is 0 Å². The van der Waals surface area contributed by atoms with Crippen molar-refractivity contribution in [2.45, 2.75) is 36.5 Å². The van der Waals surface area contributed by atoms with E-state index < -0.39 is 0 Å². The molecule has 1 rings (SSSR count). The van der Waals surface area contributed by atoms with E-state index in [1.54, 1.807) is 11.3 Å². The normalized spacial score (nSPS) is 13.2. The molecule has 12 heavy (non-hydrogen) atoms. The fraction of sp³-hybridized carbons (Fsp3) is 0.600. The smallest absolute Gasteiger partial charge is 0.0150 e. The lowest BCUT2D eigenvalue weighted by atomic mass is 10.1. The Hall–Kier alpha value is 0.430. The predicted octanol–water partition coefficient (Wildman–Crippen LogP) is 4.28. The number of alkyl halides is 1. The van der Waals surface area contributed by atoms with Gasteiger partial charge in [0.1, 0.15) is 0 Å². The molecule has 0 spiro atoms. The Kier molecular flexibility index (Phi) is 5.23. The van der Waals surface area contributed by atoms with Crippen LogP contribution >= 0.6 is 33.9 Å². The molecule has 2 heteroatoms. The van der Waals surface area contributed by atoms with Crippen LogP contribution in [0, 0.1) is 0 Å². The number of thiophene rings is 1. The van der Waals surface area contributed by atoms with E-state index in [-0.39, 0.29) is 0 Å². The lowest BCUT2D eigenvalue weighted by Gasteiger charge is -2.06. The number of hydrogen-bond donors (Lipinski definition) is 0. The third kappa shape index (κ3) is 3.90. The van der Waals surface area contributed by atoms with Crippen molar-refractivity contribution >= 4 is 33.9 Å². The fourth-order valence-corrected chi connectivity index (χ4v) is 2.82. The van der Waals surface area contributed by atoms with Crippen LogP contribution in [0.1, 0.15) is 31.7 Å². The van der Waals surface area contributed by atoms with Crippen molar-refractivity contribution in [2.24, 2.45) is 0 Å². The summed E-state index contributed by atoms with van der Waals surface area (Å²) in [6, 6.07) is 2.24. The summed E-state index contributed by atoms with van der Waals surface area (Å²) >= 11 is 4.37. The van der Waals surface area contributed by atoms with Crippen LogP contribution in [0.2, 0.25) is 0 Å². The Balaban J connectivity index is 2.22.